The summed E-state index contributed by atoms with van der Waals surface area (Å²) in [6.07, 6.45) is 1.87. The van der Waals surface area contributed by atoms with Crippen molar-refractivity contribution in [1.29, 1.82) is 0 Å². The van der Waals surface area contributed by atoms with Gasteiger partial charge in [0.2, 0.25) is 0 Å². The summed E-state index contributed by atoms with van der Waals surface area (Å²) in [5, 5.41) is 9.23. The summed E-state index contributed by atoms with van der Waals surface area (Å²) in [6, 6.07) is 4.84. The molecule has 0 bridgehead atoms. The van der Waals surface area contributed by atoms with Gasteiger partial charge in [0.15, 0.2) is 0 Å². The highest BCUT2D eigenvalue weighted by Crippen LogP contribution is 2.27. The summed E-state index contributed by atoms with van der Waals surface area (Å²) in [5.74, 6) is 0.160. The number of thioether (sulfide) groups is 1. The van der Waals surface area contributed by atoms with E-state index in [1.165, 1.54) is 17.8 Å². The Hall–Kier alpha value is -0.700. The molecular weight excluding hydrogens is 163 g/mol. The van der Waals surface area contributed by atoms with Gasteiger partial charge in [-0.1, -0.05) is 6.07 Å². The second-order valence-corrected chi connectivity index (χ2v) is 2.99. The molecule has 3 heteroatoms. The molecule has 0 amide bonds. The van der Waals surface area contributed by atoms with Crippen LogP contribution in [-0.4, -0.2) is 11.4 Å². The van der Waals surface area contributed by atoms with E-state index in [1.54, 1.807) is 12.1 Å². The van der Waals surface area contributed by atoms with Crippen LogP contribution in [0, 0.1) is 0 Å². The number of phenols is 1. The summed E-state index contributed by atoms with van der Waals surface area (Å²) in [5.41, 5.74) is 0.514. The number of aromatic hydroxyl groups is 1. The van der Waals surface area contributed by atoms with E-state index in [4.69, 9.17) is 0 Å². The molecule has 0 spiro atoms. The van der Waals surface area contributed by atoms with Crippen molar-refractivity contribution in [2.75, 3.05) is 6.26 Å². The van der Waals surface area contributed by atoms with Crippen LogP contribution in [0.3, 0.4) is 0 Å². The van der Waals surface area contributed by atoms with Gasteiger partial charge in [-0.05, 0) is 24.0 Å². The molecule has 0 saturated carbocycles. The lowest BCUT2D eigenvalue weighted by molar-refractivity contribution is 0.453. The highest BCUT2D eigenvalue weighted by Gasteiger charge is 1.99. The lowest BCUT2D eigenvalue weighted by Crippen LogP contribution is -1.79. The van der Waals surface area contributed by atoms with Crippen LogP contribution >= 0.6 is 11.8 Å². The van der Waals surface area contributed by atoms with Crippen LogP contribution in [0.5, 0.6) is 5.75 Å². The zero-order valence-corrected chi connectivity index (χ0v) is 6.99. The van der Waals surface area contributed by atoms with Crippen LogP contribution in [0.2, 0.25) is 0 Å². The molecule has 11 heavy (non-hydrogen) atoms. The van der Waals surface area contributed by atoms with E-state index in [0.29, 0.717) is 5.56 Å². The maximum absolute atomic E-state index is 12.0. The van der Waals surface area contributed by atoms with E-state index in [2.05, 4.69) is 0 Å². The minimum absolute atomic E-state index is 0.160. The van der Waals surface area contributed by atoms with E-state index < -0.39 is 6.67 Å². The predicted molar refractivity (Wildman–Crippen MR) is 44.7 cm³/mol. The molecule has 1 N–H and O–H groups in total. The molecule has 0 fully saturated rings. The quantitative estimate of drug-likeness (QED) is 0.692. The van der Waals surface area contributed by atoms with Gasteiger partial charge in [0, 0.05) is 4.90 Å². The third kappa shape index (κ3) is 1.87. The minimum Gasteiger partial charge on any atom is -0.507 e. The van der Waals surface area contributed by atoms with Crippen molar-refractivity contribution in [3.63, 3.8) is 0 Å². The van der Waals surface area contributed by atoms with Crippen LogP contribution in [0.4, 0.5) is 4.39 Å². The monoisotopic (exact) mass is 172 g/mol. The van der Waals surface area contributed by atoms with Gasteiger partial charge in [0.1, 0.15) is 12.4 Å². The molecule has 0 aliphatic rings. The molecule has 1 nitrogen and oxygen atoms in total. The van der Waals surface area contributed by atoms with Gasteiger partial charge < -0.3 is 5.11 Å². The lowest BCUT2D eigenvalue weighted by Gasteiger charge is -2.01. The second kappa shape index (κ2) is 3.62. The molecular formula is C8H9FOS. The Morgan fingerprint density at radius 1 is 1.55 bits per heavy atom. The third-order valence-electron chi connectivity index (χ3n) is 1.40. The van der Waals surface area contributed by atoms with Crippen LogP contribution in [0.15, 0.2) is 23.1 Å². The van der Waals surface area contributed by atoms with Gasteiger partial charge in [0.05, 0.1) is 0 Å². The number of halogens is 1. The number of rotatable bonds is 2. The Kier molecular flexibility index (Phi) is 2.76. The SMILES string of the molecule is CSc1ccc(CF)cc1O. The highest BCUT2D eigenvalue weighted by molar-refractivity contribution is 7.98. The molecule has 0 heterocycles. The van der Waals surface area contributed by atoms with E-state index in [-0.39, 0.29) is 5.75 Å². The predicted octanol–water partition coefficient (Wildman–Crippen LogP) is 2.58. The topological polar surface area (TPSA) is 20.2 Å². The fraction of sp³-hybridized carbons (Fsp3) is 0.250. The van der Waals surface area contributed by atoms with Crippen molar-refractivity contribution in [3.05, 3.63) is 23.8 Å². The first kappa shape index (κ1) is 8.40. The van der Waals surface area contributed by atoms with Crippen LogP contribution in [0.1, 0.15) is 5.56 Å². The van der Waals surface area contributed by atoms with Gasteiger partial charge in [-0.2, -0.15) is 0 Å². The maximum atomic E-state index is 12.0. The summed E-state index contributed by atoms with van der Waals surface area (Å²) in [4.78, 5) is 0.780. The van der Waals surface area contributed by atoms with Crippen molar-refractivity contribution in [3.8, 4) is 5.75 Å². The second-order valence-electron chi connectivity index (χ2n) is 2.14. The van der Waals surface area contributed by atoms with E-state index in [1.807, 2.05) is 6.26 Å². The van der Waals surface area contributed by atoms with Crippen molar-refractivity contribution >= 4 is 11.8 Å². The largest absolute Gasteiger partial charge is 0.507 e. The van der Waals surface area contributed by atoms with E-state index in [9.17, 15) is 9.50 Å². The molecule has 0 unspecified atom stereocenters. The summed E-state index contributed by atoms with van der Waals surface area (Å²) in [6.45, 7) is -0.526. The molecule has 60 valence electrons. The first-order valence-corrected chi connectivity index (χ1v) is 4.42. The molecule has 0 saturated heterocycles. The highest BCUT2D eigenvalue weighted by atomic mass is 32.2. The first-order valence-electron chi connectivity index (χ1n) is 3.19. The molecule has 1 aromatic rings. The summed E-state index contributed by atoms with van der Waals surface area (Å²) >= 11 is 1.44. The van der Waals surface area contributed by atoms with Gasteiger partial charge in [0.25, 0.3) is 0 Å². The normalized spacial score (nSPS) is 10.0. The number of benzene rings is 1. The number of hydrogen-bond donors (Lipinski definition) is 1. The molecule has 1 aromatic carbocycles. The fourth-order valence-corrected chi connectivity index (χ4v) is 1.29. The fourth-order valence-electron chi connectivity index (χ4n) is 0.819. The van der Waals surface area contributed by atoms with Gasteiger partial charge >= 0.3 is 0 Å². The first-order chi connectivity index (χ1) is 5.27. The summed E-state index contributed by atoms with van der Waals surface area (Å²) in [7, 11) is 0. The third-order valence-corrected chi connectivity index (χ3v) is 2.18. The van der Waals surface area contributed by atoms with Crippen molar-refractivity contribution in [1.82, 2.24) is 0 Å². The summed E-state index contributed by atoms with van der Waals surface area (Å²) < 4.78 is 12.0. The minimum atomic E-state index is -0.526. The Bertz CT molecular complexity index is 250. The van der Waals surface area contributed by atoms with E-state index in [0.717, 1.165) is 4.90 Å². The molecule has 0 radical (unpaired) electrons. The average Bonchev–Trinajstić information content (AvgIpc) is 2.04. The van der Waals surface area contributed by atoms with Gasteiger partial charge in [-0.15, -0.1) is 11.8 Å². The van der Waals surface area contributed by atoms with Gasteiger partial charge in [-0.25, -0.2) is 4.39 Å². The zero-order chi connectivity index (χ0) is 8.27. The number of alkyl halides is 1. The Balaban J connectivity index is 2.99. The molecule has 0 aromatic heterocycles. The van der Waals surface area contributed by atoms with Crippen LogP contribution in [0.25, 0.3) is 0 Å². The Morgan fingerprint density at radius 3 is 2.73 bits per heavy atom. The van der Waals surface area contributed by atoms with Crippen molar-refractivity contribution in [2.24, 2.45) is 0 Å². The standard InChI is InChI=1S/C8H9FOS/c1-11-8-3-2-6(5-9)4-7(8)10/h2-4,10H,5H2,1H3. The number of phenolic OH excluding ortho intramolecular Hbond substituents is 1. The van der Waals surface area contributed by atoms with E-state index >= 15 is 0 Å². The Labute approximate surface area is 69.2 Å². The molecule has 0 aliphatic heterocycles. The smallest absolute Gasteiger partial charge is 0.129 e. The molecule has 0 aliphatic carbocycles. The number of hydrogen-bond acceptors (Lipinski definition) is 2. The average molecular weight is 172 g/mol. The molecule has 1 rings (SSSR count). The van der Waals surface area contributed by atoms with Gasteiger partial charge in [-0.3, -0.25) is 0 Å². The zero-order valence-electron chi connectivity index (χ0n) is 6.17. The van der Waals surface area contributed by atoms with Crippen LogP contribution in [-0.2, 0) is 6.67 Å². The maximum Gasteiger partial charge on any atom is 0.129 e. The van der Waals surface area contributed by atoms with Crippen LogP contribution < -0.4 is 0 Å². The van der Waals surface area contributed by atoms with Crippen molar-refractivity contribution in [2.45, 2.75) is 11.6 Å². The Morgan fingerprint density at radius 2 is 2.27 bits per heavy atom. The van der Waals surface area contributed by atoms with Crippen molar-refractivity contribution < 1.29 is 9.50 Å². The lowest BCUT2D eigenvalue weighted by atomic mass is 10.2. The molecule has 0 atom stereocenters.